The maximum Gasteiger partial charge on any atom is 0.0136 e. The van der Waals surface area contributed by atoms with Gasteiger partial charge in [0.2, 0.25) is 0 Å². The van der Waals surface area contributed by atoms with E-state index in [1.54, 1.807) is 16.7 Å². The van der Waals surface area contributed by atoms with Gasteiger partial charge in [0.15, 0.2) is 0 Å². The Labute approximate surface area is 105 Å². The van der Waals surface area contributed by atoms with Gasteiger partial charge >= 0.3 is 0 Å². The minimum atomic E-state index is 0.722. The van der Waals surface area contributed by atoms with Crippen LogP contribution in [-0.4, -0.2) is 12.6 Å². The molecule has 3 rings (SSSR count). The Bertz CT molecular complexity index is 393. The summed E-state index contributed by atoms with van der Waals surface area (Å²) in [6, 6.07) is 7.92. The standard InChI is InChI=1S/C16H23N/c1-2-17-16(14-8-9-14)11-12-6-7-13-4-3-5-15(13)10-12/h6-7,10,14,16-17H,2-5,8-9,11H2,1H3. The fourth-order valence-electron chi connectivity index (χ4n) is 3.17. The molecule has 1 saturated carbocycles. The molecule has 1 aromatic carbocycles. The van der Waals surface area contributed by atoms with Crippen molar-refractivity contribution in [1.29, 1.82) is 0 Å². The van der Waals surface area contributed by atoms with Gasteiger partial charge in [-0.25, -0.2) is 0 Å². The summed E-state index contributed by atoms with van der Waals surface area (Å²) in [6.07, 6.45) is 8.06. The van der Waals surface area contributed by atoms with Crippen LogP contribution in [0.2, 0.25) is 0 Å². The lowest BCUT2D eigenvalue weighted by atomic mass is 9.98. The summed E-state index contributed by atoms with van der Waals surface area (Å²) in [5.41, 5.74) is 4.76. The minimum Gasteiger partial charge on any atom is -0.314 e. The summed E-state index contributed by atoms with van der Waals surface area (Å²) in [5.74, 6) is 0.947. The molecule has 0 heterocycles. The molecule has 0 amide bonds. The van der Waals surface area contributed by atoms with Gasteiger partial charge in [0.1, 0.15) is 0 Å². The first-order valence-corrected chi connectivity index (χ1v) is 7.21. The van der Waals surface area contributed by atoms with Gasteiger partial charge in [0, 0.05) is 6.04 Å². The van der Waals surface area contributed by atoms with Crippen molar-refractivity contribution in [2.75, 3.05) is 6.54 Å². The second-order valence-electron chi connectivity index (χ2n) is 5.66. The molecular formula is C16H23N. The smallest absolute Gasteiger partial charge is 0.0136 e. The van der Waals surface area contributed by atoms with Crippen molar-refractivity contribution in [1.82, 2.24) is 5.32 Å². The Morgan fingerprint density at radius 3 is 2.82 bits per heavy atom. The summed E-state index contributed by atoms with van der Waals surface area (Å²) < 4.78 is 0. The lowest BCUT2D eigenvalue weighted by Gasteiger charge is -2.17. The predicted molar refractivity (Wildman–Crippen MR) is 72.4 cm³/mol. The zero-order valence-corrected chi connectivity index (χ0v) is 10.8. The van der Waals surface area contributed by atoms with E-state index in [1.807, 2.05) is 0 Å². The SMILES string of the molecule is CCNC(Cc1ccc2c(c1)CCC2)C1CC1. The number of nitrogens with one attached hydrogen (secondary N) is 1. The van der Waals surface area contributed by atoms with Crippen molar-refractivity contribution in [3.05, 3.63) is 34.9 Å². The van der Waals surface area contributed by atoms with Crippen LogP contribution < -0.4 is 5.32 Å². The highest BCUT2D eigenvalue weighted by Crippen LogP contribution is 2.34. The molecule has 2 aliphatic carbocycles. The van der Waals surface area contributed by atoms with E-state index in [4.69, 9.17) is 0 Å². The van der Waals surface area contributed by atoms with Crippen LogP contribution in [0.1, 0.15) is 42.9 Å². The molecule has 17 heavy (non-hydrogen) atoms. The molecule has 0 bridgehead atoms. The van der Waals surface area contributed by atoms with Crippen molar-refractivity contribution in [3.8, 4) is 0 Å². The fraction of sp³-hybridized carbons (Fsp3) is 0.625. The number of benzene rings is 1. The number of rotatable bonds is 5. The lowest BCUT2D eigenvalue weighted by Crippen LogP contribution is -2.32. The molecule has 0 aliphatic heterocycles. The molecule has 1 heteroatoms. The Hall–Kier alpha value is -0.820. The van der Waals surface area contributed by atoms with Crippen molar-refractivity contribution >= 4 is 0 Å². The number of hydrogen-bond acceptors (Lipinski definition) is 1. The number of aryl methyl sites for hydroxylation is 2. The van der Waals surface area contributed by atoms with E-state index in [1.165, 1.54) is 38.5 Å². The van der Waals surface area contributed by atoms with Crippen LogP contribution in [-0.2, 0) is 19.3 Å². The van der Waals surface area contributed by atoms with Gasteiger partial charge in [-0.3, -0.25) is 0 Å². The summed E-state index contributed by atoms with van der Waals surface area (Å²) in [6.45, 7) is 3.32. The van der Waals surface area contributed by atoms with E-state index in [0.29, 0.717) is 0 Å². The first-order chi connectivity index (χ1) is 8.36. The number of hydrogen-bond donors (Lipinski definition) is 1. The minimum absolute atomic E-state index is 0.722. The summed E-state index contributed by atoms with van der Waals surface area (Å²) in [4.78, 5) is 0. The van der Waals surface area contributed by atoms with Crippen LogP contribution in [0.15, 0.2) is 18.2 Å². The van der Waals surface area contributed by atoms with Crippen LogP contribution in [0.5, 0.6) is 0 Å². The Balaban J connectivity index is 1.70. The zero-order chi connectivity index (χ0) is 11.7. The van der Waals surface area contributed by atoms with E-state index in [0.717, 1.165) is 18.5 Å². The second-order valence-corrected chi connectivity index (χ2v) is 5.66. The molecule has 1 atom stereocenters. The summed E-state index contributed by atoms with van der Waals surface area (Å²) in [5, 5.41) is 3.66. The maximum atomic E-state index is 3.66. The molecule has 1 fully saturated rings. The molecule has 0 radical (unpaired) electrons. The Morgan fingerprint density at radius 2 is 2.06 bits per heavy atom. The van der Waals surface area contributed by atoms with E-state index >= 15 is 0 Å². The molecule has 1 N–H and O–H groups in total. The normalized spacial score (nSPS) is 20.3. The third-order valence-corrected chi connectivity index (χ3v) is 4.28. The Morgan fingerprint density at radius 1 is 1.24 bits per heavy atom. The van der Waals surface area contributed by atoms with Gasteiger partial charge in [0.05, 0.1) is 0 Å². The molecule has 0 aromatic heterocycles. The van der Waals surface area contributed by atoms with Crippen molar-refractivity contribution < 1.29 is 0 Å². The van der Waals surface area contributed by atoms with E-state index in [9.17, 15) is 0 Å². The fourth-order valence-corrected chi connectivity index (χ4v) is 3.17. The monoisotopic (exact) mass is 229 g/mol. The molecule has 0 saturated heterocycles. The highest BCUT2D eigenvalue weighted by atomic mass is 14.9. The molecule has 92 valence electrons. The van der Waals surface area contributed by atoms with Crippen molar-refractivity contribution in [3.63, 3.8) is 0 Å². The zero-order valence-electron chi connectivity index (χ0n) is 10.8. The van der Waals surface area contributed by atoms with Gasteiger partial charge in [-0.05, 0) is 67.7 Å². The lowest BCUT2D eigenvalue weighted by molar-refractivity contribution is 0.472. The van der Waals surface area contributed by atoms with Gasteiger partial charge in [-0.15, -0.1) is 0 Å². The van der Waals surface area contributed by atoms with Crippen LogP contribution in [0.4, 0.5) is 0 Å². The average molecular weight is 229 g/mol. The van der Waals surface area contributed by atoms with Gasteiger partial charge < -0.3 is 5.32 Å². The summed E-state index contributed by atoms with van der Waals surface area (Å²) in [7, 11) is 0. The highest BCUT2D eigenvalue weighted by Gasteiger charge is 2.30. The predicted octanol–water partition coefficient (Wildman–Crippen LogP) is 3.11. The van der Waals surface area contributed by atoms with Crippen LogP contribution in [0.25, 0.3) is 0 Å². The van der Waals surface area contributed by atoms with E-state index < -0.39 is 0 Å². The topological polar surface area (TPSA) is 12.0 Å². The Kier molecular flexibility index (Phi) is 3.19. The van der Waals surface area contributed by atoms with Crippen LogP contribution >= 0.6 is 0 Å². The third kappa shape index (κ3) is 2.55. The molecule has 1 aromatic rings. The van der Waals surface area contributed by atoms with E-state index in [2.05, 4.69) is 30.4 Å². The third-order valence-electron chi connectivity index (χ3n) is 4.28. The van der Waals surface area contributed by atoms with Crippen LogP contribution in [0.3, 0.4) is 0 Å². The molecule has 1 unspecified atom stereocenters. The van der Waals surface area contributed by atoms with Gasteiger partial charge in [0.25, 0.3) is 0 Å². The molecule has 2 aliphatic rings. The van der Waals surface area contributed by atoms with Crippen molar-refractivity contribution in [2.45, 2.75) is 51.5 Å². The first kappa shape index (κ1) is 11.3. The maximum absolute atomic E-state index is 3.66. The van der Waals surface area contributed by atoms with Crippen molar-refractivity contribution in [2.24, 2.45) is 5.92 Å². The molecule has 0 spiro atoms. The largest absolute Gasteiger partial charge is 0.314 e. The van der Waals surface area contributed by atoms with Gasteiger partial charge in [-0.2, -0.15) is 0 Å². The molecular weight excluding hydrogens is 206 g/mol. The number of likely N-dealkylation sites (N-methyl/N-ethyl adjacent to an activating group) is 1. The summed E-state index contributed by atoms with van der Waals surface area (Å²) >= 11 is 0. The highest BCUT2D eigenvalue weighted by molar-refractivity contribution is 5.35. The first-order valence-electron chi connectivity index (χ1n) is 7.21. The van der Waals surface area contributed by atoms with Gasteiger partial charge in [-0.1, -0.05) is 25.1 Å². The van der Waals surface area contributed by atoms with E-state index in [-0.39, 0.29) is 0 Å². The quantitative estimate of drug-likeness (QED) is 0.818. The molecule has 1 nitrogen and oxygen atoms in total. The second kappa shape index (κ2) is 4.81. The number of fused-ring (bicyclic) bond motifs is 1. The average Bonchev–Trinajstić information content (AvgIpc) is 3.07. The van der Waals surface area contributed by atoms with Crippen LogP contribution in [0, 0.1) is 5.92 Å².